The first-order valence-electron chi connectivity index (χ1n) is 10.1. The summed E-state index contributed by atoms with van der Waals surface area (Å²) in [5.74, 6) is -2.14. The second kappa shape index (κ2) is 10.1. The summed E-state index contributed by atoms with van der Waals surface area (Å²) in [7, 11) is 0. The maximum Gasteiger partial charge on any atom is 0.337 e. The van der Waals surface area contributed by atoms with Crippen molar-refractivity contribution in [1.29, 1.82) is 0 Å². The fourth-order valence-corrected chi connectivity index (χ4v) is 4.74. The first-order chi connectivity index (χ1) is 15.1. The molecule has 1 aromatic carbocycles. The van der Waals surface area contributed by atoms with Gasteiger partial charge in [-0.15, -0.1) is 11.8 Å². The van der Waals surface area contributed by atoms with Gasteiger partial charge in [0.05, 0.1) is 12.0 Å². The molecule has 2 unspecified atom stereocenters. The van der Waals surface area contributed by atoms with E-state index in [1.165, 1.54) is 22.1 Å². The van der Waals surface area contributed by atoms with Crippen molar-refractivity contribution in [2.75, 3.05) is 11.9 Å². The summed E-state index contributed by atoms with van der Waals surface area (Å²) in [5, 5.41) is 4.19. The minimum atomic E-state index is -1.22. The van der Waals surface area contributed by atoms with Gasteiger partial charge in [-0.3, -0.25) is 9.59 Å². The fraction of sp³-hybridized carbons (Fsp3) is 0.455. The van der Waals surface area contributed by atoms with Gasteiger partial charge in [-0.25, -0.2) is 9.59 Å². The molecule has 2 amide bonds. The SMILES string of the molecule is CC(C)(C)OC(=O)C1C(C(=O)OCCBr)=CS[C@H]2C(NC(=O)Cc3ccccc3)C(=O)N12. The van der Waals surface area contributed by atoms with Crippen LogP contribution < -0.4 is 5.32 Å². The molecule has 1 N–H and O–H groups in total. The monoisotopic (exact) mass is 524 g/mol. The molecule has 0 spiro atoms. The van der Waals surface area contributed by atoms with Crippen LogP contribution in [-0.4, -0.2) is 63.6 Å². The highest BCUT2D eigenvalue weighted by molar-refractivity contribution is 9.09. The zero-order chi connectivity index (χ0) is 23.5. The molecule has 0 aromatic heterocycles. The molecule has 3 atom stereocenters. The molecule has 2 aliphatic heterocycles. The Morgan fingerprint density at radius 1 is 1.19 bits per heavy atom. The summed E-state index contributed by atoms with van der Waals surface area (Å²) < 4.78 is 10.6. The van der Waals surface area contributed by atoms with Crippen LogP contribution in [0.25, 0.3) is 0 Å². The van der Waals surface area contributed by atoms with Crippen LogP contribution in [0.15, 0.2) is 41.3 Å². The van der Waals surface area contributed by atoms with Gasteiger partial charge < -0.3 is 19.7 Å². The van der Waals surface area contributed by atoms with Gasteiger partial charge in [0.15, 0.2) is 6.04 Å². The third kappa shape index (κ3) is 5.53. The number of esters is 2. The third-order valence-corrected chi connectivity index (χ3v) is 6.18. The number of benzene rings is 1. The standard InChI is InChI=1S/C22H25BrN2O6S/c1-22(2,3)31-21(29)17-14(20(28)30-10-9-23)12-32-19-16(18(27)25(17)19)24-15(26)11-13-7-5-4-6-8-13/h4-8,12,16-17,19H,9-11H2,1-3H3,(H,24,26)/t16?,17?,19-/m0/s1. The maximum absolute atomic E-state index is 12.9. The van der Waals surface area contributed by atoms with E-state index >= 15 is 0 Å². The van der Waals surface area contributed by atoms with Crippen molar-refractivity contribution in [3.05, 3.63) is 46.9 Å². The lowest BCUT2D eigenvalue weighted by Gasteiger charge is -2.51. The van der Waals surface area contributed by atoms with Gasteiger partial charge in [-0.05, 0) is 31.7 Å². The Hall–Kier alpha value is -2.33. The van der Waals surface area contributed by atoms with Crippen molar-refractivity contribution in [3.63, 3.8) is 0 Å². The zero-order valence-corrected chi connectivity index (χ0v) is 20.4. The molecule has 8 nitrogen and oxygen atoms in total. The van der Waals surface area contributed by atoms with Crippen molar-refractivity contribution < 1.29 is 28.7 Å². The minimum Gasteiger partial charge on any atom is -0.461 e. The van der Waals surface area contributed by atoms with E-state index in [-0.39, 0.29) is 24.5 Å². The smallest absolute Gasteiger partial charge is 0.337 e. The molecule has 3 rings (SSSR count). The first-order valence-corrected chi connectivity index (χ1v) is 12.2. The van der Waals surface area contributed by atoms with Crippen molar-refractivity contribution in [2.45, 2.75) is 50.3 Å². The van der Waals surface area contributed by atoms with Gasteiger partial charge in [-0.2, -0.15) is 0 Å². The Balaban J connectivity index is 1.77. The van der Waals surface area contributed by atoms with E-state index in [2.05, 4.69) is 21.2 Å². The lowest BCUT2D eigenvalue weighted by molar-refractivity contribution is -0.171. The van der Waals surface area contributed by atoms with E-state index in [1.807, 2.05) is 30.3 Å². The average molecular weight is 525 g/mol. The van der Waals surface area contributed by atoms with Crippen LogP contribution in [-0.2, 0) is 35.1 Å². The third-order valence-electron chi connectivity index (χ3n) is 4.69. The Morgan fingerprint density at radius 3 is 2.50 bits per heavy atom. The minimum absolute atomic E-state index is 0.0452. The quantitative estimate of drug-likeness (QED) is 0.331. The highest BCUT2D eigenvalue weighted by Gasteiger charge is 2.57. The summed E-state index contributed by atoms with van der Waals surface area (Å²) in [4.78, 5) is 52.2. The summed E-state index contributed by atoms with van der Waals surface area (Å²) in [6.07, 6.45) is 0.136. The maximum atomic E-state index is 12.9. The molecule has 2 aliphatic rings. The summed E-state index contributed by atoms with van der Waals surface area (Å²) in [6.45, 7) is 5.24. The molecule has 0 radical (unpaired) electrons. The molecular formula is C22H25BrN2O6S. The van der Waals surface area contributed by atoms with Crippen LogP contribution >= 0.6 is 27.7 Å². The lowest BCUT2D eigenvalue weighted by atomic mass is 9.97. The molecule has 172 valence electrons. The van der Waals surface area contributed by atoms with Gasteiger partial charge in [0.1, 0.15) is 23.6 Å². The largest absolute Gasteiger partial charge is 0.461 e. The number of carbonyl (C=O) groups is 4. The van der Waals surface area contributed by atoms with Crippen molar-refractivity contribution in [2.24, 2.45) is 0 Å². The molecule has 1 saturated heterocycles. The summed E-state index contributed by atoms with van der Waals surface area (Å²) in [5.41, 5.74) is 0.0661. The lowest BCUT2D eigenvalue weighted by Crippen LogP contribution is -2.74. The Kier molecular flexibility index (Phi) is 7.66. The van der Waals surface area contributed by atoms with E-state index in [0.29, 0.717) is 5.33 Å². The Bertz CT molecular complexity index is 930. The number of alkyl halides is 1. The van der Waals surface area contributed by atoms with Crippen LogP contribution in [0.3, 0.4) is 0 Å². The Morgan fingerprint density at radius 2 is 1.88 bits per heavy atom. The molecule has 1 fully saturated rings. The molecule has 0 bridgehead atoms. The van der Waals surface area contributed by atoms with E-state index < -0.39 is 40.9 Å². The van der Waals surface area contributed by atoms with Gasteiger partial charge in [0.25, 0.3) is 0 Å². The molecule has 10 heteroatoms. The number of carbonyl (C=O) groups excluding carboxylic acids is 4. The van der Waals surface area contributed by atoms with Gasteiger partial charge in [0.2, 0.25) is 11.8 Å². The zero-order valence-electron chi connectivity index (χ0n) is 18.0. The highest BCUT2D eigenvalue weighted by Crippen LogP contribution is 2.41. The number of nitrogens with zero attached hydrogens (tertiary/aromatic N) is 1. The van der Waals surface area contributed by atoms with E-state index in [1.54, 1.807) is 20.8 Å². The highest BCUT2D eigenvalue weighted by atomic mass is 79.9. The molecule has 0 aliphatic carbocycles. The van der Waals surface area contributed by atoms with Crippen LogP contribution in [0.5, 0.6) is 0 Å². The number of rotatable bonds is 7. The number of fused-ring (bicyclic) bond motifs is 1. The predicted octanol–water partition coefficient (Wildman–Crippen LogP) is 2.16. The van der Waals surface area contributed by atoms with Crippen LogP contribution in [0.1, 0.15) is 26.3 Å². The topological polar surface area (TPSA) is 102 Å². The summed E-state index contributed by atoms with van der Waals surface area (Å²) in [6, 6.07) is 7.17. The first kappa shape index (κ1) is 24.3. The van der Waals surface area contributed by atoms with E-state index in [9.17, 15) is 19.2 Å². The molecule has 2 heterocycles. The van der Waals surface area contributed by atoms with E-state index in [0.717, 1.165) is 5.56 Å². The second-order valence-electron chi connectivity index (χ2n) is 8.31. The molecule has 1 aromatic rings. The van der Waals surface area contributed by atoms with Crippen molar-refractivity contribution >= 4 is 51.4 Å². The fourth-order valence-electron chi connectivity index (χ4n) is 3.37. The van der Waals surface area contributed by atoms with Crippen molar-refractivity contribution in [3.8, 4) is 0 Å². The average Bonchev–Trinajstić information content (AvgIpc) is 2.74. The van der Waals surface area contributed by atoms with Gasteiger partial charge in [-0.1, -0.05) is 46.3 Å². The Labute approximate surface area is 199 Å². The number of nitrogens with one attached hydrogen (secondary N) is 1. The number of thioether (sulfide) groups is 1. The van der Waals surface area contributed by atoms with Crippen LogP contribution in [0.2, 0.25) is 0 Å². The van der Waals surface area contributed by atoms with Crippen LogP contribution in [0, 0.1) is 0 Å². The second-order valence-corrected chi connectivity index (χ2v) is 10.1. The van der Waals surface area contributed by atoms with Gasteiger partial charge in [0, 0.05) is 5.33 Å². The molecule has 32 heavy (non-hydrogen) atoms. The predicted molar refractivity (Wildman–Crippen MR) is 123 cm³/mol. The van der Waals surface area contributed by atoms with Gasteiger partial charge >= 0.3 is 11.9 Å². The van der Waals surface area contributed by atoms with Crippen molar-refractivity contribution in [1.82, 2.24) is 10.2 Å². The number of ether oxygens (including phenoxy) is 2. The number of halogens is 1. The number of β-lactam (4-membered cyclic amide) rings is 1. The molecular weight excluding hydrogens is 500 g/mol. The number of hydrogen-bond acceptors (Lipinski definition) is 7. The summed E-state index contributed by atoms with van der Waals surface area (Å²) >= 11 is 4.37. The molecule has 0 saturated carbocycles. The van der Waals surface area contributed by atoms with E-state index in [4.69, 9.17) is 9.47 Å². The normalized spacial score (nSPS) is 22.2. The number of hydrogen-bond donors (Lipinski definition) is 1. The van der Waals surface area contributed by atoms with Crippen LogP contribution in [0.4, 0.5) is 0 Å². The number of amides is 2.